The first-order valence-corrected chi connectivity index (χ1v) is 7.35. The lowest BCUT2D eigenvalue weighted by atomic mass is 9.95. The van der Waals surface area contributed by atoms with Crippen molar-refractivity contribution >= 4 is 6.09 Å². The Morgan fingerprint density at radius 1 is 1.35 bits per heavy atom. The summed E-state index contributed by atoms with van der Waals surface area (Å²) in [6.45, 7) is 9.68. The van der Waals surface area contributed by atoms with Crippen LogP contribution < -0.4 is 0 Å². The molecule has 0 aromatic carbocycles. The maximum Gasteiger partial charge on any atom is 0.411 e. The summed E-state index contributed by atoms with van der Waals surface area (Å²) in [6, 6.07) is 4.08. The van der Waals surface area contributed by atoms with Gasteiger partial charge in [-0.05, 0) is 66.0 Å². The van der Waals surface area contributed by atoms with E-state index in [2.05, 4.69) is 6.92 Å². The van der Waals surface area contributed by atoms with E-state index in [1.165, 1.54) is 0 Å². The van der Waals surface area contributed by atoms with Gasteiger partial charge in [0, 0.05) is 6.04 Å². The summed E-state index contributed by atoms with van der Waals surface area (Å²) in [4.78, 5) is 14.3. The predicted octanol–water partition coefficient (Wildman–Crippen LogP) is 4.44. The molecule has 4 heteroatoms. The Bertz CT molecular complexity index is 472. The molecule has 1 saturated heterocycles. The predicted molar refractivity (Wildman–Crippen MR) is 77.6 cm³/mol. The molecule has 112 valence electrons. The van der Waals surface area contributed by atoms with Crippen LogP contribution in [-0.4, -0.2) is 22.6 Å². The molecule has 1 aromatic heterocycles. The standard InChI is InChI=1S/C16H25NO3/c1-11-7-6-8-13(14-10-9-12(2)19-14)17(11)15(18)20-16(3,4)5/h9-11,13H,6-8H2,1-5H3. The fraction of sp³-hybridized carbons (Fsp3) is 0.688. The lowest BCUT2D eigenvalue weighted by Crippen LogP contribution is -2.46. The van der Waals surface area contributed by atoms with Gasteiger partial charge >= 0.3 is 6.09 Å². The summed E-state index contributed by atoms with van der Waals surface area (Å²) in [5.41, 5.74) is -0.474. The van der Waals surface area contributed by atoms with E-state index < -0.39 is 5.60 Å². The molecule has 1 amide bonds. The molecule has 4 nitrogen and oxygen atoms in total. The van der Waals surface area contributed by atoms with Crippen molar-refractivity contribution in [2.45, 2.75) is 71.6 Å². The molecule has 1 fully saturated rings. The SMILES string of the molecule is Cc1ccc(C2CCCC(C)N2C(=O)OC(C)(C)C)o1. The molecule has 20 heavy (non-hydrogen) atoms. The summed E-state index contributed by atoms with van der Waals surface area (Å²) in [5, 5.41) is 0. The van der Waals surface area contributed by atoms with Crippen LogP contribution in [-0.2, 0) is 4.74 Å². The number of amides is 1. The zero-order valence-electron chi connectivity index (χ0n) is 13.1. The summed E-state index contributed by atoms with van der Waals surface area (Å²) in [7, 11) is 0. The summed E-state index contributed by atoms with van der Waals surface area (Å²) >= 11 is 0. The van der Waals surface area contributed by atoms with E-state index in [1.807, 2.05) is 44.7 Å². The number of carbonyl (C=O) groups excluding carboxylic acids is 1. The van der Waals surface area contributed by atoms with Gasteiger partial charge in [-0.2, -0.15) is 0 Å². The molecule has 0 N–H and O–H groups in total. The van der Waals surface area contributed by atoms with Crippen LogP contribution in [0.3, 0.4) is 0 Å². The minimum Gasteiger partial charge on any atom is -0.464 e. The zero-order chi connectivity index (χ0) is 14.9. The largest absolute Gasteiger partial charge is 0.464 e. The molecule has 2 atom stereocenters. The highest BCUT2D eigenvalue weighted by Gasteiger charge is 2.36. The third-order valence-electron chi connectivity index (χ3n) is 3.60. The lowest BCUT2D eigenvalue weighted by molar-refractivity contribution is -0.00658. The van der Waals surface area contributed by atoms with Gasteiger partial charge in [-0.15, -0.1) is 0 Å². The third-order valence-corrected chi connectivity index (χ3v) is 3.60. The molecule has 0 bridgehead atoms. The van der Waals surface area contributed by atoms with E-state index >= 15 is 0 Å². The Morgan fingerprint density at radius 3 is 2.60 bits per heavy atom. The fourth-order valence-electron chi connectivity index (χ4n) is 2.73. The second kappa shape index (κ2) is 5.51. The molecule has 2 unspecified atom stereocenters. The monoisotopic (exact) mass is 279 g/mol. The first kappa shape index (κ1) is 14.9. The maximum absolute atomic E-state index is 12.5. The highest BCUT2D eigenvalue weighted by atomic mass is 16.6. The van der Waals surface area contributed by atoms with Gasteiger partial charge in [0.05, 0.1) is 6.04 Å². The number of aryl methyl sites for hydroxylation is 1. The van der Waals surface area contributed by atoms with Gasteiger partial charge in [-0.25, -0.2) is 4.79 Å². The summed E-state index contributed by atoms with van der Waals surface area (Å²) < 4.78 is 11.3. The topological polar surface area (TPSA) is 42.7 Å². The van der Waals surface area contributed by atoms with Crippen LogP contribution in [0.5, 0.6) is 0 Å². The van der Waals surface area contributed by atoms with Crippen LogP contribution in [0.15, 0.2) is 16.5 Å². The van der Waals surface area contributed by atoms with Crippen LogP contribution >= 0.6 is 0 Å². The van der Waals surface area contributed by atoms with Crippen LogP contribution in [0, 0.1) is 6.92 Å². The van der Waals surface area contributed by atoms with Gasteiger partial charge in [0.15, 0.2) is 0 Å². The zero-order valence-corrected chi connectivity index (χ0v) is 13.1. The van der Waals surface area contributed by atoms with Crippen molar-refractivity contribution in [3.63, 3.8) is 0 Å². The second-order valence-corrected chi connectivity index (χ2v) is 6.63. The van der Waals surface area contributed by atoms with Gasteiger partial charge < -0.3 is 9.15 Å². The van der Waals surface area contributed by atoms with E-state index in [0.29, 0.717) is 0 Å². The lowest BCUT2D eigenvalue weighted by Gasteiger charge is -2.40. The number of likely N-dealkylation sites (tertiary alicyclic amines) is 1. The average Bonchev–Trinajstić information content (AvgIpc) is 2.73. The van der Waals surface area contributed by atoms with Gasteiger partial charge in [0.2, 0.25) is 0 Å². The molecule has 1 aromatic rings. The van der Waals surface area contributed by atoms with Crippen molar-refractivity contribution in [3.05, 3.63) is 23.7 Å². The Morgan fingerprint density at radius 2 is 2.05 bits per heavy atom. The van der Waals surface area contributed by atoms with Crippen LogP contribution in [0.4, 0.5) is 4.79 Å². The molecular weight excluding hydrogens is 254 g/mol. The number of piperidine rings is 1. The van der Waals surface area contributed by atoms with E-state index in [9.17, 15) is 4.79 Å². The van der Waals surface area contributed by atoms with Crippen LogP contribution in [0.2, 0.25) is 0 Å². The molecule has 1 aliphatic heterocycles. The van der Waals surface area contributed by atoms with Crippen LogP contribution in [0.1, 0.15) is 64.5 Å². The summed E-state index contributed by atoms with van der Waals surface area (Å²) in [6.07, 6.45) is 2.79. The van der Waals surface area contributed by atoms with Crippen molar-refractivity contribution in [1.29, 1.82) is 0 Å². The quantitative estimate of drug-likeness (QED) is 0.763. The van der Waals surface area contributed by atoms with Crippen molar-refractivity contribution in [1.82, 2.24) is 4.90 Å². The summed E-state index contributed by atoms with van der Waals surface area (Å²) in [5.74, 6) is 1.74. The van der Waals surface area contributed by atoms with E-state index in [-0.39, 0.29) is 18.2 Å². The molecular formula is C16H25NO3. The Kier molecular flexibility index (Phi) is 4.11. The third kappa shape index (κ3) is 3.35. The number of carbonyl (C=O) groups is 1. The van der Waals surface area contributed by atoms with Gasteiger partial charge in [0.1, 0.15) is 17.1 Å². The maximum atomic E-state index is 12.5. The number of furan rings is 1. The number of nitrogens with zero attached hydrogens (tertiary/aromatic N) is 1. The average molecular weight is 279 g/mol. The fourth-order valence-corrected chi connectivity index (χ4v) is 2.73. The number of rotatable bonds is 1. The molecule has 0 radical (unpaired) electrons. The minimum atomic E-state index is -0.474. The number of hydrogen-bond donors (Lipinski definition) is 0. The van der Waals surface area contributed by atoms with Crippen LogP contribution in [0.25, 0.3) is 0 Å². The minimum absolute atomic E-state index is 0.0118. The molecule has 0 spiro atoms. The van der Waals surface area contributed by atoms with Gasteiger partial charge in [-0.3, -0.25) is 4.90 Å². The van der Waals surface area contributed by atoms with Crippen molar-refractivity contribution < 1.29 is 13.9 Å². The normalized spacial score (nSPS) is 23.8. The first-order valence-electron chi connectivity index (χ1n) is 7.35. The van der Waals surface area contributed by atoms with Gasteiger partial charge in [-0.1, -0.05) is 0 Å². The Balaban J connectivity index is 2.22. The van der Waals surface area contributed by atoms with E-state index in [1.54, 1.807) is 0 Å². The molecule has 2 rings (SSSR count). The molecule has 0 aliphatic carbocycles. The van der Waals surface area contributed by atoms with E-state index in [0.717, 1.165) is 30.8 Å². The number of hydrogen-bond acceptors (Lipinski definition) is 3. The molecule has 0 saturated carbocycles. The van der Waals surface area contributed by atoms with Crippen molar-refractivity contribution in [2.24, 2.45) is 0 Å². The molecule has 1 aliphatic rings. The van der Waals surface area contributed by atoms with Crippen molar-refractivity contribution in [3.8, 4) is 0 Å². The number of ether oxygens (including phenoxy) is 1. The highest BCUT2D eigenvalue weighted by Crippen LogP contribution is 2.36. The Hall–Kier alpha value is -1.45. The Labute approximate surface area is 121 Å². The van der Waals surface area contributed by atoms with Crippen molar-refractivity contribution in [2.75, 3.05) is 0 Å². The smallest absolute Gasteiger partial charge is 0.411 e. The first-order chi connectivity index (χ1) is 9.28. The van der Waals surface area contributed by atoms with E-state index in [4.69, 9.17) is 9.15 Å². The highest BCUT2D eigenvalue weighted by molar-refractivity contribution is 5.69. The molecule has 2 heterocycles. The second-order valence-electron chi connectivity index (χ2n) is 6.63. The van der Waals surface area contributed by atoms with Gasteiger partial charge in [0.25, 0.3) is 0 Å².